The largest absolute Gasteiger partial charge is 0.365 e. The number of ether oxygens (including phenoxy) is 1. The van der Waals surface area contributed by atoms with Crippen LogP contribution in [0, 0.1) is 0 Å². The molecule has 0 spiro atoms. The molecule has 184 valence electrons. The highest BCUT2D eigenvalue weighted by atomic mass is 16.5. The number of carbonyl (C=O) groups excluding carboxylic acids is 1. The summed E-state index contributed by atoms with van der Waals surface area (Å²) in [6, 6.07) is 29.5. The van der Waals surface area contributed by atoms with Crippen molar-refractivity contribution in [2.24, 2.45) is 0 Å². The molecule has 3 aromatic rings. The second-order valence-electron chi connectivity index (χ2n) is 10.8. The summed E-state index contributed by atoms with van der Waals surface area (Å²) in [7, 11) is 0. The number of piperidine rings is 1. The van der Waals surface area contributed by atoms with Crippen LogP contribution in [0.25, 0.3) is 0 Å². The van der Waals surface area contributed by atoms with Gasteiger partial charge >= 0.3 is 0 Å². The lowest BCUT2D eigenvalue weighted by Gasteiger charge is -2.34. The van der Waals surface area contributed by atoms with Crippen LogP contribution < -0.4 is 0 Å². The van der Waals surface area contributed by atoms with Gasteiger partial charge in [-0.15, -0.1) is 0 Å². The maximum atomic E-state index is 12.6. The van der Waals surface area contributed by atoms with Crippen LogP contribution in [-0.2, 0) is 21.4 Å². The van der Waals surface area contributed by atoms with Gasteiger partial charge in [-0.25, -0.2) is 0 Å². The fourth-order valence-corrected chi connectivity index (χ4v) is 4.79. The molecule has 0 amide bonds. The van der Waals surface area contributed by atoms with E-state index in [1.165, 1.54) is 16.7 Å². The summed E-state index contributed by atoms with van der Waals surface area (Å²) in [5, 5.41) is 0. The third kappa shape index (κ3) is 7.37. The van der Waals surface area contributed by atoms with E-state index in [1.54, 1.807) is 0 Å². The van der Waals surface area contributed by atoms with Crippen molar-refractivity contribution >= 4 is 5.78 Å². The molecule has 0 saturated carbocycles. The third-order valence-corrected chi connectivity index (χ3v) is 7.00. The summed E-state index contributed by atoms with van der Waals surface area (Å²) in [4.78, 5) is 15.0. The van der Waals surface area contributed by atoms with Crippen LogP contribution in [0.1, 0.15) is 68.4 Å². The number of likely N-dealkylation sites (tertiary alicyclic amines) is 1. The Balaban J connectivity index is 1.24. The zero-order valence-electron chi connectivity index (χ0n) is 21.5. The van der Waals surface area contributed by atoms with E-state index in [0.717, 1.165) is 38.0 Å². The third-order valence-electron chi connectivity index (χ3n) is 7.00. The van der Waals surface area contributed by atoms with E-state index in [1.807, 2.05) is 12.1 Å². The smallest absolute Gasteiger partial charge is 0.138 e. The maximum absolute atomic E-state index is 12.6. The molecule has 4 rings (SSSR count). The minimum Gasteiger partial charge on any atom is -0.365 e. The Morgan fingerprint density at radius 1 is 0.857 bits per heavy atom. The molecule has 1 fully saturated rings. The molecule has 0 N–H and O–H groups in total. The second kappa shape index (κ2) is 11.8. The van der Waals surface area contributed by atoms with Crippen molar-refractivity contribution in [2.45, 2.75) is 64.1 Å². The van der Waals surface area contributed by atoms with Gasteiger partial charge in [0.05, 0.1) is 6.10 Å². The molecule has 3 nitrogen and oxygen atoms in total. The van der Waals surface area contributed by atoms with Crippen molar-refractivity contribution in [3.8, 4) is 0 Å². The van der Waals surface area contributed by atoms with Gasteiger partial charge < -0.3 is 9.64 Å². The Morgan fingerprint density at radius 2 is 1.40 bits per heavy atom. The van der Waals surface area contributed by atoms with E-state index in [9.17, 15) is 4.79 Å². The molecule has 3 heteroatoms. The van der Waals surface area contributed by atoms with E-state index < -0.39 is 0 Å². The van der Waals surface area contributed by atoms with Gasteiger partial charge in [-0.3, -0.25) is 4.79 Å². The van der Waals surface area contributed by atoms with Crippen LogP contribution in [0.3, 0.4) is 0 Å². The van der Waals surface area contributed by atoms with E-state index in [2.05, 4.69) is 98.5 Å². The summed E-state index contributed by atoms with van der Waals surface area (Å²) < 4.78 is 6.66. The van der Waals surface area contributed by atoms with Crippen molar-refractivity contribution in [1.82, 2.24) is 4.90 Å². The lowest BCUT2D eigenvalue weighted by atomic mass is 9.86. The lowest BCUT2D eigenvalue weighted by Crippen LogP contribution is -2.38. The van der Waals surface area contributed by atoms with Gasteiger partial charge in [0.1, 0.15) is 11.9 Å². The lowest BCUT2D eigenvalue weighted by molar-refractivity contribution is -0.118. The fourth-order valence-electron chi connectivity index (χ4n) is 4.79. The highest BCUT2D eigenvalue weighted by Crippen LogP contribution is 2.30. The quantitative estimate of drug-likeness (QED) is 0.347. The molecule has 1 aliphatic rings. The normalized spacial score (nSPS) is 15.4. The number of hydrogen-bond acceptors (Lipinski definition) is 3. The topological polar surface area (TPSA) is 29.5 Å². The van der Waals surface area contributed by atoms with Gasteiger partial charge in [-0.05, 0) is 40.5 Å². The molecule has 0 radical (unpaired) electrons. The van der Waals surface area contributed by atoms with Gasteiger partial charge in [-0.2, -0.15) is 0 Å². The number of nitrogens with zero attached hydrogens (tertiary/aromatic N) is 1. The highest BCUT2D eigenvalue weighted by molar-refractivity contribution is 5.81. The minimum absolute atomic E-state index is 0.0415. The first-order chi connectivity index (χ1) is 16.9. The molecule has 1 heterocycles. The van der Waals surface area contributed by atoms with E-state index >= 15 is 0 Å². The standard InChI is InChI=1S/C32H39NO2/c1-32(2,3)28-16-14-25(15-17-28)24-29(34)18-21-33-22-19-30(20-23-33)35-31(26-10-6-4-7-11-26)27-12-8-5-9-13-27/h4-17,30-31H,18-24H2,1-3H3. The highest BCUT2D eigenvalue weighted by Gasteiger charge is 2.25. The molecule has 3 aromatic carbocycles. The molecular weight excluding hydrogens is 430 g/mol. The monoisotopic (exact) mass is 469 g/mol. The number of Topliss-reactive ketones (excluding diaryl/α,β-unsaturated/α-hetero) is 1. The minimum atomic E-state index is -0.0415. The van der Waals surface area contributed by atoms with Crippen LogP contribution in [0.5, 0.6) is 0 Å². The van der Waals surface area contributed by atoms with Crippen LogP contribution in [0.15, 0.2) is 84.9 Å². The van der Waals surface area contributed by atoms with E-state index in [-0.39, 0.29) is 17.6 Å². The Bertz CT molecular complexity index is 1010. The van der Waals surface area contributed by atoms with Gasteiger partial charge in [0.2, 0.25) is 0 Å². The van der Waals surface area contributed by atoms with Crippen LogP contribution in [0.2, 0.25) is 0 Å². The molecule has 0 bridgehead atoms. The van der Waals surface area contributed by atoms with Crippen molar-refractivity contribution in [2.75, 3.05) is 19.6 Å². The SMILES string of the molecule is CC(C)(C)c1ccc(CC(=O)CCN2CCC(OC(c3ccccc3)c3ccccc3)CC2)cc1. The fraction of sp³-hybridized carbons (Fsp3) is 0.406. The molecule has 0 atom stereocenters. The molecule has 1 aliphatic heterocycles. The summed E-state index contributed by atoms with van der Waals surface area (Å²) in [5.41, 5.74) is 4.95. The average Bonchev–Trinajstić information content (AvgIpc) is 2.87. The van der Waals surface area contributed by atoms with E-state index in [0.29, 0.717) is 18.6 Å². The van der Waals surface area contributed by atoms with Crippen LogP contribution in [-0.4, -0.2) is 36.4 Å². The molecule has 1 saturated heterocycles. The zero-order chi connectivity index (χ0) is 24.7. The number of hydrogen-bond donors (Lipinski definition) is 0. The van der Waals surface area contributed by atoms with Gasteiger partial charge in [-0.1, -0.05) is 106 Å². The summed E-state index contributed by atoms with van der Waals surface area (Å²) in [5.74, 6) is 0.320. The van der Waals surface area contributed by atoms with Crippen molar-refractivity contribution in [1.29, 1.82) is 0 Å². The number of carbonyl (C=O) groups is 1. The molecule has 0 aromatic heterocycles. The summed E-state index contributed by atoms with van der Waals surface area (Å²) in [6.45, 7) is 9.44. The maximum Gasteiger partial charge on any atom is 0.138 e. The second-order valence-corrected chi connectivity index (χ2v) is 10.8. The number of rotatable bonds is 9. The van der Waals surface area contributed by atoms with Crippen LogP contribution >= 0.6 is 0 Å². The van der Waals surface area contributed by atoms with Gasteiger partial charge in [0, 0.05) is 32.5 Å². The van der Waals surface area contributed by atoms with Crippen LogP contribution in [0.4, 0.5) is 0 Å². The first-order valence-electron chi connectivity index (χ1n) is 13.0. The molecule has 0 aliphatic carbocycles. The van der Waals surface area contributed by atoms with Gasteiger partial charge in [0.25, 0.3) is 0 Å². The molecular formula is C32H39NO2. The predicted octanol–water partition coefficient (Wildman–Crippen LogP) is 6.76. The number of ketones is 1. The van der Waals surface area contributed by atoms with Crippen molar-refractivity contribution in [3.05, 3.63) is 107 Å². The summed E-state index contributed by atoms with van der Waals surface area (Å²) >= 11 is 0. The van der Waals surface area contributed by atoms with E-state index in [4.69, 9.17) is 4.74 Å². The Morgan fingerprint density at radius 3 is 1.91 bits per heavy atom. The first-order valence-corrected chi connectivity index (χ1v) is 13.0. The Hall–Kier alpha value is -2.75. The van der Waals surface area contributed by atoms with Gasteiger partial charge in [0.15, 0.2) is 0 Å². The van der Waals surface area contributed by atoms with Crippen molar-refractivity contribution < 1.29 is 9.53 Å². The Labute approximate surface area is 211 Å². The van der Waals surface area contributed by atoms with Crippen molar-refractivity contribution in [3.63, 3.8) is 0 Å². The zero-order valence-corrected chi connectivity index (χ0v) is 21.5. The number of benzene rings is 3. The predicted molar refractivity (Wildman–Crippen MR) is 144 cm³/mol. The Kier molecular flexibility index (Phi) is 8.54. The first kappa shape index (κ1) is 25.3. The average molecular weight is 470 g/mol. The molecule has 35 heavy (non-hydrogen) atoms. The molecule has 0 unspecified atom stereocenters. The summed E-state index contributed by atoms with van der Waals surface area (Å²) in [6.07, 6.45) is 3.33.